The zero-order valence-electron chi connectivity index (χ0n) is 10.4. The second-order valence-corrected chi connectivity index (χ2v) is 5.61. The van der Waals surface area contributed by atoms with Crippen LogP contribution in [0.25, 0.3) is 0 Å². The minimum atomic E-state index is 0.895. The van der Waals surface area contributed by atoms with Crippen molar-refractivity contribution in [2.24, 2.45) is 5.92 Å². The second kappa shape index (κ2) is 5.31. The second-order valence-electron chi connectivity index (χ2n) is 5.61. The summed E-state index contributed by atoms with van der Waals surface area (Å²) in [4.78, 5) is 5.24. The Kier molecular flexibility index (Phi) is 4.04. The van der Waals surface area contributed by atoms with Gasteiger partial charge in [-0.3, -0.25) is 0 Å². The largest absolute Gasteiger partial charge is 0.306 e. The number of piperidine rings is 1. The Bertz CT molecular complexity index is 185. The fraction of sp³-hybridized carbons (Fsp3) is 1.00. The monoisotopic (exact) mass is 210 g/mol. The molecule has 2 aliphatic rings. The van der Waals surface area contributed by atoms with Gasteiger partial charge in [-0.15, -0.1) is 0 Å². The number of hydrogen-bond donors (Lipinski definition) is 0. The molecule has 2 saturated heterocycles. The van der Waals surface area contributed by atoms with E-state index >= 15 is 0 Å². The van der Waals surface area contributed by atoms with Crippen LogP contribution < -0.4 is 0 Å². The molecule has 2 aliphatic heterocycles. The van der Waals surface area contributed by atoms with E-state index in [1.54, 1.807) is 0 Å². The molecule has 0 amide bonds. The minimum Gasteiger partial charge on any atom is -0.306 e. The van der Waals surface area contributed by atoms with Crippen molar-refractivity contribution in [3.8, 4) is 0 Å². The van der Waals surface area contributed by atoms with E-state index < -0.39 is 0 Å². The van der Waals surface area contributed by atoms with Gasteiger partial charge in [-0.05, 0) is 71.2 Å². The molecule has 2 fully saturated rings. The first kappa shape index (κ1) is 11.4. The number of likely N-dealkylation sites (tertiary alicyclic amines) is 2. The van der Waals surface area contributed by atoms with Gasteiger partial charge in [0.05, 0.1) is 0 Å². The lowest BCUT2D eigenvalue weighted by molar-refractivity contribution is 0.123. The summed E-state index contributed by atoms with van der Waals surface area (Å²) in [6.45, 7) is 7.74. The van der Waals surface area contributed by atoms with Gasteiger partial charge in [0.25, 0.3) is 0 Å². The summed E-state index contributed by atoms with van der Waals surface area (Å²) in [5.74, 6) is 0.960. The number of hydrogen-bond acceptors (Lipinski definition) is 2. The first-order chi connectivity index (χ1) is 7.25. The van der Waals surface area contributed by atoms with E-state index in [2.05, 4.69) is 23.8 Å². The van der Waals surface area contributed by atoms with Gasteiger partial charge < -0.3 is 9.80 Å². The van der Waals surface area contributed by atoms with Crippen LogP contribution in [0.15, 0.2) is 0 Å². The Morgan fingerprint density at radius 1 is 0.867 bits per heavy atom. The number of rotatable bonds is 1. The Balaban J connectivity index is 1.82. The molecule has 0 aliphatic carbocycles. The van der Waals surface area contributed by atoms with E-state index in [1.807, 2.05) is 0 Å². The molecule has 2 nitrogen and oxygen atoms in total. The van der Waals surface area contributed by atoms with Crippen LogP contribution in [0.4, 0.5) is 0 Å². The average Bonchev–Trinajstić information content (AvgIpc) is 2.44. The topological polar surface area (TPSA) is 6.48 Å². The SMILES string of the molecule is CC1CCCN(C2CCN(C)CC2)CC1. The lowest BCUT2D eigenvalue weighted by Crippen LogP contribution is -2.44. The standard InChI is InChI=1S/C13H26N2/c1-12-4-3-8-15(11-5-12)13-6-9-14(2)10-7-13/h12-13H,3-11H2,1-2H3. The quantitative estimate of drug-likeness (QED) is 0.655. The Hall–Kier alpha value is -0.0800. The van der Waals surface area contributed by atoms with Crippen molar-refractivity contribution in [1.82, 2.24) is 9.80 Å². The first-order valence-corrected chi connectivity index (χ1v) is 6.68. The molecule has 88 valence electrons. The fourth-order valence-corrected chi connectivity index (χ4v) is 3.01. The van der Waals surface area contributed by atoms with Gasteiger partial charge >= 0.3 is 0 Å². The average molecular weight is 210 g/mol. The van der Waals surface area contributed by atoms with Gasteiger partial charge in [0.2, 0.25) is 0 Å². The number of nitrogens with zero attached hydrogens (tertiary/aromatic N) is 2. The lowest BCUT2D eigenvalue weighted by Gasteiger charge is -2.36. The van der Waals surface area contributed by atoms with Crippen LogP contribution in [-0.2, 0) is 0 Å². The van der Waals surface area contributed by atoms with Crippen LogP contribution in [0.1, 0.15) is 39.0 Å². The maximum atomic E-state index is 2.77. The summed E-state index contributed by atoms with van der Waals surface area (Å²) in [6, 6.07) is 0.895. The molecule has 2 heterocycles. The predicted octanol–water partition coefficient (Wildman–Crippen LogP) is 2.20. The van der Waals surface area contributed by atoms with E-state index in [0.29, 0.717) is 0 Å². The third-order valence-corrected chi connectivity index (χ3v) is 4.26. The molecule has 2 heteroatoms. The van der Waals surface area contributed by atoms with E-state index in [1.165, 1.54) is 58.3 Å². The summed E-state index contributed by atoms with van der Waals surface area (Å²) in [7, 11) is 2.25. The van der Waals surface area contributed by atoms with Gasteiger partial charge in [-0.1, -0.05) is 6.92 Å². The summed E-state index contributed by atoms with van der Waals surface area (Å²) in [6.07, 6.45) is 7.08. The van der Waals surface area contributed by atoms with E-state index in [0.717, 1.165) is 12.0 Å². The van der Waals surface area contributed by atoms with Crippen molar-refractivity contribution in [2.45, 2.75) is 45.1 Å². The summed E-state index contributed by atoms with van der Waals surface area (Å²) in [5.41, 5.74) is 0. The van der Waals surface area contributed by atoms with Crippen molar-refractivity contribution < 1.29 is 0 Å². The molecular weight excluding hydrogens is 184 g/mol. The Morgan fingerprint density at radius 2 is 1.60 bits per heavy atom. The maximum Gasteiger partial charge on any atom is 0.0120 e. The van der Waals surface area contributed by atoms with Gasteiger partial charge in [0.15, 0.2) is 0 Å². The van der Waals surface area contributed by atoms with Crippen molar-refractivity contribution >= 4 is 0 Å². The molecule has 2 rings (SSSR count). The highest BCUT2D eigenvalue weighted by atomic mass is 15.2. The molecule has 0 bridgehead atoms. The lowest BCUT2D eigenvalue weighted by atomic mass is 10.0. The molecule has 0 spiro atoms. The molecule has 15 heavy (non-hydrogen) atoms. The summed E-state index contributed by atoms with van der Waals surface area (Å²) in [5, 5.41) is 0. The van der Waals surface area contributed by atoms with Crippen molar-refractivity contribution in [1.29, 1.82) is 0 Å². The molecular formula is C13H26N2. The third-order valence-electron chi connectivity index (χ3n) is 4.26. The van der Waals surface area contributed by atoms with Gasteiger partial charge in [-0.25, -0.2) is 0 Å². The molecule has 0 aromatic heterocycles. The fourth-order valence-electron chi connectivity index (χ4n) is 3.01. The highest BCUT2D eigenvalue weighted by Crippen LogP contribution is 2.22. The van der Waals surface area contributed by atoms with Crippen LogP contribution in [0.2, 0.25) is 0 Å². The molecule has 0 N–H and O–H groups in total. The Morgan fingerprint density at radius 3 is 2.33 bits per heavy atom. The van der Waals surface area contributed by atoms with Crippen LogP contribution in [0.5, 0.6) is 0 Å². The zero-order chi connectivity index (χ0) is 10.7. The van der Waals surface area contributed by atoms with Gasteiger partial charge in [0.1, 0.15) is 0 Å². The van der Waals surface area contributed by atoms with Gasteiger partial charge in [-0.2, -0.15) is 0 Å². The predicted molar refractivity (Wildman–Crippen MR) is 65.1 cm³/mol. The van der Waals surface area contributed by atoms with Crippen molar-refractivity contribution in [2.75, 3.05) is 33.2 Å². The molecule has 1 unspecified atom stereocenters. The third kappa shape index (κ3) is 3.18. The van der Waals surface area contributed by atoms with E-state index in [9.17, 15) is 0 Å². The molecule has 0 radical (unpaired) electrons. The van der Waals surface area contributed by atoms with Crippen LogP contribution in [-0.4, -0.2) is 49.1 Å². The highest BCUT2D eigenvalue weighted by molar-refractivity contribution is 4.80. The smallest absolute Gasteiger partial charge is 0.0120 e. The Labute approximate surface area is 94.6 Å². The van der Waals surface area contributed by atoms with Crippen LogP contribution >= 0.6 is 0 Å². The van der Waals surface area contributed by atoms with Crippen molar-refractivity contribution in [3.05, 3.63) is 0 Å². The normalized spacial score (nSPS) is 32.8. The first-order valence-electron chi connectivity index (χ1n) is 6.68. The van der Waals surface area contributed by atoms with E-state index in [-0.39, 0.29) is 0 Å². The maximum absolute atomic E-state index is 2.77. The van der Waals surface area contributed by atoms with E-state index in [4.69, 9.17) is 0 Å². The van der Waals surface area contributed by atoms with Crippen LogP contribution in [0, 0.1) is 5.92 Å². The molecule has 1 atom stereocenters. The summed E-state index contributed by atoms with van der Waals surface area (Å²) >= 11 is 0. The molecule has 0 aromatic carbocycles. The van der Waals surface area contributed by atoms with Crippen LogP contribution in [0.3, 0.4) is 0 Å². The summed E-state index contributed by atoms with van der Waals surface area (Å²) < 4.78 is 0. The molecule has 0 saturated carbocycles. The zero-order valence-corrected chi connectivity index (χ0v) is 10.4. The molecule has 0 aromatic rings. The van der Waals surface area contributed by atoms with Gasteiger partial charge in [0, 0.05) is 6.04 Å². The minimum absolute atomic E-state index is 0.895. The highest BCUT2D eigenvalue weighted by Gasteiger charge is 2.24. The van der Waals surface area contributed by atoms with Crippen molar-refractivity contribution in [3.63, 3.8) is 0 Å².